The summed E-state index contributed by atoms with van der Waals surface area (Å²) in [6.07, 6.45) is 5.34. The zero-order chi connectivity index (χ0) is 13.1. The molecule has 0 saturated heterocycles. The normalized spacial score (nSPS) is 17.2. The predicted octanol–water partition coefficient (Wildman–Crippen LogP) is 2.03. The van der Waals surface area contributed by atoms with E-state index in [2.05, 4.69) is 0 Å². The second kappa shape index (κ2) is 4.79. The van der Waals surface area contributed by atoms with E-state index in [0.29, 0.717) is 17.7 Å². The van der Waals surface area contributed by atoms with Gasteiger partial charge in [-0.15, -0.1) is 0 Å². The van der Waals surface area contributed by atoms with Crippen molar-refractivity contribution in [1.29, 1.82) is 0 Å². The third-order valence-corrected chi connectivity index (χ3v) is 2.71. The Morgan fingerprint density at radius 3 is 2.61 bits per heavy atom. The Bertz CT molecular complexity index is 582. The number of carboxylic acid groups (broad SMARTS) is 1. The van der Waals surface area contributed by atoms with Crippen LogP contribution >= 0.6 is 0 Å². The van der Waals surface area contributed by atoms with Crippen molar-refractivity contribution in [3.8, 4) is 5.75 Å². The average molecular weight is 243 g/mol. The largest absolute Gasteiger partial charge is 0.507 e. The number of aliphatic carboxylic acids is 1. The number of aromatic hydroxyl groups is 1. The first-order valence-electron chi connectivity index (χ1n) is 5.46. The molecule has 0 amide bonds. The maximum absolute atomic E-state index is 10.8. The highest BCUT2D eigenvalue weighted by Gasteiger charge is 2.14. The number of hydrogen-bond acceptors (Lipinski definition) is 3. The van der Waals surface area contributed by atoms with Gasteiger partial charge in [0.1, 0.15) is 5.75 Å². The number of carbonyl (C=O) groups is 1. The third-order valence-electron chi connectivity index (χ3n) is 2.71. The molecule has 0 aromatic heterocycles. The molecule has 0 atom stereocenters. The highest BCUT2D eigenvalue weighted by atomic mass is 16.4. The molecule has 18 heavy (non-hydrogen) atoms. The molecule has 0 heterocycles. The van der Waals surface area contributed by atoms with Crippen LogP contribution < -0.4 is 5.73 Å². The molecule has 0 aliphatic heterocycles. The molecular formula is C14H13NO3. The lowest BCUT2D eigenvalue weighted by Gasteiger charge is -2.12. The average Bonchev–Trinajstić information content (AvgIpc) is 2.32. The Morgan fingerprint density at radius 1 is 1.28 bits per heavy atom. The van der Waals surface area contributed by atoms with E-state index in [1.165, 1.54) is 6.08 Å². The Kier molecular flexibility index (Phi) is 3.19. The first-order valence-corrected chi connectivity index (χ1v) is 5.46. The first kappa shape index (κ1) is 12.0. The summed E-state index contributed by atoms with van der Waals surface area (Å²) in [5, 5.41) is 18.5. The number of para-hydroxylation sites is 1. The van der Waals surface area contributed by atoms with Crippen LogP contribution in [-0.4, -0.2) is 16.2 Å². The summed E-state index contributed by atoms with van der Waals surface area (Å²) in [6.45, 7) is 0. The topological polar surface area (TPSA) is 83.6 Å². The van der Waals surface area contributed by atoms with Gasteiger partial charge in [-0.05, 0) is 23.8 Å². The molecule has 4 N–H and O–H groups in total. The molecule has 0 spiro atoms. The molecular weight excluding hydrogens is 230 g/mol. The summed E-state index contributed by atoms with van der Waals surface area (Å²) in [6, 6.07) is 6.94. The van der Waals surface area contributed by atoms with Crippen LogP contribution in [0.15, 0.2) is 53.3 Å². The summed E-state index contributed by atoms with van der Waals surface area (Å²) in [5.74, 6) is -0.838. The van der Waals surface area contributed by atoms with Crippen molar-refractivity contribution in [2.45, 2.75) is 6.42 Å². The fourth-order valence-corrected chi connectivity index (χ4v) is 1.79. The minimum absolute atomic E-state index is 0.129. The van der Waals surface area contributed by atoms with Gasteiger partial charge in [0.05, 0.1) is 5.57 Å². The van der Waals surface area contributed by atoms with Crippen LogP contribution in [0.3, 0.4) is 0 Å². The van der Waals surface area contributed by atoms with Crippen molar-refractivity contribution >= 4 is 12.0 Å². The van der Waals surface area contributed by atoms with Crippen LogP contribution in [0.2, 0.25) is 0 Å². The Hall–Kier alpha value is -2.49. The standard InChI is InChI=1S/C14H13NO3/c15-12-8-9(5-6-11(12)14(17)18)7-10-3-1-2-4-13(10)16/h1-7,16H,8,15H2,(H,17,18). The number of allylic oxidation sites excluding steroid dienone is 2. The molecule has 0 radical (unpaired) electrons. The minimum Gasteiger partial charge on any atom is -0.507 e. The van der Waals surface area contributed by atoms with Crippen LogP contribution in [0.1, 0.15) is 12.0 Å². The number of carboxylic acids is 1. The van der Waals surface area contributed by atoms with Gasteiger partial charge in [0.25, 0.3) is 0 Å². The van der Waals surface area contributed by atoms with Crippen LogP contribution in [0.5, 0.6) is 5.75 Å². The van der Waals surface area contributed by atoms with Gasteiger partial charge in [0, 0.05) is 17.7 Å². The number of nitrogens with two attached hydrogens (primary N) is 1. The van der Waals surface area contributed by atoms with Crippen molar-refractivity contribution in [2.75, 3.05) is 0 Å². The molecule has 0 bridgehead atoms. The van der Waals surface area contributed by atoms with Gasteiger partial charge < -0.3 is 15.9 Å². The maximum atomic E-state index is 10.8. The van der Waals surface area contributed by atoms with Gasteiger partial charge in [-0.25, -0.2) is 4.79 Å². The molecule has 1 aliphatic carbocycles. The zero-order valence-corrected chi connectivity index (χ0v) is 9.63. The number of benzene rings is 1. The van der Waals surface area contributed by atoms with Crippen molar-refractivity contribution in [3.05, 3.63) is 58.8 Å². The maximum Gasteiger partial charge on any atom is 0.337 e. The summed E-state index contributed by atoms with van der Waals surface area (Å²) in [4.78, 5) is 10.8. The molecule has 1 aliphatic rings. The Morgan fingerprint density at radius 2 is 2.00 bits per heavy atom. The van der Waals surface area contributed by atoms with E-state index in [-0.39, 0.29) is 11.3 Å². The van der Waals surface area contributed by atoms with Crippen molar-refractivity contribution in [2.24, 2.45) is 5.73 Å². The highest BCUT2D eigenvalue weighted by molar-refractivity contribution is 5.91. The zero-order valence-electron chi connectivity index (χ0n) is 9.63. The fraction of sp³-hybridized carbons (Fsp3) is 0.0714. The van der Waals surface area contributed by atoms with E-state index in [1.807, 2.05) is 6.07 Å². The predicted molar refractivity (Wildman–Crippen MR) is 68.7 cm³/mol. The van der Waals surface area contributed by atoms with E-state index in [1.54, 1.807) is 30.4 Å². The van der Waals surface area contributed by atoms with Crippen molar-refractivity contribution < 1.29 is 15.0 Å². The van der Waals surface area contributed by atoms with Crippen LogP contribution in [0.25, 0.3) is 6.08 Å². The molecule has 92 valence electrons. The highest BCUT2D eigenvalue weighted by Crippen LogP contribution is 2.25. The quantitative estimate of drug-likeness (QED) is 0.742. The van der Waals surface area contributed by atoms with Gasteiger partial charge in [0.15, 0.2) is 0 Å². The Labute approximate surface area is 104 Å². The van der Waals surface area contributed by atoms with Crippen LogP contribution in [0.4, 0.5) is 0 Å². The van der Waals surface area contributed by atoms with Crippen molar-refractivity contribution in [3.63, 3.8) is 0 Å². The lowest BCUT2D eigenvalue weighted by molar-refractivity contribution is -0.132. The molecule has 1 aromatic carbocycles. The molecule has 0 unspecified atom stereocenters. The summed E-state index contributed by atoms with van der Waals surface area (Å²) in [5.41, 5.74) is 7.71. The first-order chi connectivity index (χ1) is 8.58. The lowest BCUT2D eigenvalue weighted by Crippen LogP contribution is -2.12. The summed E-state index contributed by atoms with van der Waals surface area (Å²) < 4.78 is 0. The molecule has 0 saturated carbocycles. The second-order valence-electron chi connectivity index (χ2n) is 4.03. The van der Waals surface area contributed by atoms with Gasteiger partial charge in [0.2, 0.25) is 0 Å². The Balaban J connectivity index is 2.28. The second-order valence-corrected chi connectivity index (χ2v) is 4.03. The fourth-order valence-electron chi connectivity index (χ4n) is 1.79. The molecule has 2 rings (SSSR count). The smallest absolute Gasteiger partial charge is 0.337 e. The molecule has 0 fully saturated rings. The number of hydrogen-bond donors (Lipinski definition) is 3. The third kappa shape index (κ3) is 2.43. The SMILES string of the molecule is NC1=C(C(=O)O)C=CC(=Cc2ccccc2O)C1. The molecule has 4 nitrogen and oxygen atoms in total. The van der Waals surface area contributed by atoms with E-state index < -0.39 is 5.97 Å². The van der Waals surface area contributed by atoms with E-state index in [0.717, 1.165) is 5.57 Å². The van der Waals surface area contributed by atoms with E-state index >= 15 is 0 Å². The molecule has 4 heteroatoms. The number of phenols is 1. The number of rotatable bonds is 2. The van der Waals surface area contributed by atoms with Gasteiger partial charge >= 0.3 is 5.97 Å². The van der Waals surface area contributed by atoms with Gasteiger partial charge in [-0.3, -0.25) is 0 Å². The summed E-state index contributed by atoms with van der Waals surface area (Å²) >= 11 is 0. The van der Waals surface area contributed by atoms with Gasteiger partial charge in [-0.1, -0.05) is 24.3 Å². The van der Waals surface area contributed by atoms with Crippen LogP contribution in [-0.2, 0) is 4.79 Å². The number of phenolic OH excluding ortho intramolecular Hbond substituents is 1. The van der Waals surface area contributed by atoms with E-state index in [4.69, 9.17) is 10.8 Å². The monoisotopic (exact) mass is 243 g/mol. The minimum atomic E-state index is -1.02. The van der Waals surface area contributed by atoms with Crippen LogP contribution in [0, 0.1) is 0 Å². The van der Waals surface area contributed by atoms with Gasteiger partial charge in [-0.2, -0.15) is 0 Å². The van der Waals surface area contributed by atoms with E-state index in [9.17, 15) is 9.90 Å². The molecule has 1 aromatic rings. The van der Waals surface area contributed by atoms with Crippen molar-refractivity contribution in [1.82, 2.24) is 0 Å². The summed E-state index contributed by atoms with van der Waals surface area (Å²) in [7, 11) is 0. The lowest BCUT2D eigenvalue weighted by atomic mass is 9.97.